The van der Waals surface area contributed by atoms with Gasteiger partial charge in [0.2, 0.25) is 5.91 Å². The molecule has 0 radical (unpaired) electrons. The molecule has 0 aromatic heterocycles. The number of nitrogens with zero attached hydrogens (tertiary/aromatic N) is 2. The first-order chi connectivity index (χ1) is 19.5. The lowest BCUT2D eigenvalue weighted by Gasteiger charge is -2.41. The van der Waals surface area contributed by atoms with Crippen LogP contribution in [0.2, 0.25) is 0 Å². The maximum atomic E-state index is 14.8. The first kappa shape index (κ1) is 31.8. The Morgan fingerprint density at radius 1 is 1.27 bits per heavy atom. The Balaban J connectivity index is 1.78. The number of ether oxygens (including phenoxy) is 1. The van der Waals surface area contributed by atoms with E-state index in [9.17, 15) is 19.5 Å². The second-order valence-electron chi connectivity index (χ2n) is 11.9. The summed E-state index contributed by atoms with van der Waals surface area (Å²) in [6.07, 6.45) is 6.56. The van der Waals surface area contributed by atoms with Crippen LogP contribution >= 0.6 is 27.7 Å². The molecule has 224 valence electrons. The zero-order chi connectivity index (χ0) is 30.1. The number of likely N-dealkylation sites (tertiary alicyclic amines) is 1. The van der Waals surface area contributed by atoms with Crippen LogP contribution in [0.25, 0.3) is 0 Å². The number of aliphatic hydroxyl groups is 1. The van der Waals surface area contributed by atoms with E-state index in [2.05, 4.69) is 29.1 Å². The number of carbonyl (C=O) groups is 3. The number of hydrogen-bond donors (Lipinski definition) is 1. The topological polar surface area (TPSA) is 87.2 Å². The fraction of sp³-hybridized carbons (Fsp3) is 0.594. The molecule has 2 bridgehead atoms. The quantitative estimate of drug-likeness (QED) is 0.137. The van der Waals surface area contributed by atoms with Crippen LogP contribution in [0.3, 0.4) is 0 Å². The van der Waals surface area contributed by atoms with Gasteiger partial charge in [-0.3, -0.25) is 14.4 Å². The molecule has 41 heavy (non-hydrogen) atoms. The molecule has 0 aliphatic carbocycles. The van der Waals surface area contributed by atoms with Crippen molar-refractivity contribution in [2.75, 3.05) is 24.7 Å². The van der Waals surface area contributed by atoms with Crippen LogP contribution in [0.15, 0.2) is 43.5 Å². The zero-order valence-corrected chi connectivity index (χ0v) is 27.0. The smallest absolute Gasteiger partial charge is 0.310 e. The second-order valence-corrected chi connectivity index (χ2v) is 14.6. The minimum Gasteiger partial charge on any atom is -0.465 e. The molecule has 0 saturated carbocycles. The van der Waals surface area contributed by atoms with E-state index in [1.54, 1.807) is 27.6 Å². The lowest BCUT2D eigenvalue weighted by Crippen LogP contribution is -2.59. The largest absolute Gasteiger partial charge is 0.465 e. The maximum absolute atomic E-state index is 14.8. The van der Waals surface area contributed by atoms with Crippen molar-refractivity contribution in [2.24, 2.45) is 17.8 Å². The summed E-state index contributed by atoms with van der Waals surface area (Å²) in [5.74, 6) is -2.27. The van der Waals surface area contributed by atoms with Gasteiger partial charge in [-0.2, -0.15) is 0 Å². The molecule has 2 amide bonds. The Kier molecular flexibility index (Phi) is 10.1. The lowest BCUT2D eigenvalue weighted by atomic mass is 9.71. The van der Waals surface area contributed by atoms with Gasteiger partial charge in [0.25, 0.3) is 5.91 Å². The number of alkyl halides is 1. The normalized spacial score (nSPS) is 29.0. The number of anilines is 1. The molecule has 1 N–H and O–H groups in total. The van der Waals surface area contributed by atoms with Crippen molar-refractivity contribution in [2.45, 2.75) is 80.3 Å². The van der Waals surface area contributed by atoms with Gasteiger partial charge in [0.1, 0.15) is 6.04 Å². The van der Waals surface area contributed by atoms with Crippen LogP contribution in [0.4, 0.5) is 5.69 Å². The molecule has 9 heteroatoms. The van der Waals surface area contributed by atoms with Crippen LogP contribution in [-0.4, -0.2) is 74.5 Å². The Bertz CT molecular complexity index is 1190. The van der Waals surface area contributed by atoms with E-state index in [4.69, 9.17) is 4.74 Å². The predicted molar refractivity (Wildman–Crippen MR) is 168 cm³/mol. The molecule has 3 saturated heterocycles. The molecule has 3 unspecified atom stereocenters. The van der Waals surface area contributed by atoms with Gasteiger partial charge in [0.05, 0.1) is 35.8 Å². The minimum atomic E-state index is -0.847. The third kappa shape index (κ3) is 5.66. The van der Waals surface area contributed by atoms with E-state index < -0.39 is 28.7 Å². The molecule has 3 aliphatic heterocycles. The molecule has 3 aliphatic rings. The van der Waals surface area contributed by atoms with Gasteiger partial charge in [0.15, 0.2) is 0 Å². The summed E-state index contributed by atoms with van der Waals surface area (Å²) in [6.45, 7) is 15.8. The predicted octanol–water partition coefficient (Wildman–Crippen LogP) is 5.20. The molecule has 1 spiro atoms. The summed E-state index contributed by atoms with van der Waals surface area (Å²) < 4.78 is 4.92. The van der Waals surface area contributed by atoms with E-state index in [1.165, 1.54) is 0 Å². The number of halogens is 1. The van der Waals surface area contributed by atoms with Crippen molar-refractivity contribution in [3.05, 3.63) is 54.6 Å². The molecular weight excluding hydrogens is 604 g/mol. The number of amides is 2. The summed E-state index contributed by atoms with van der Waals surface area (Å²) in [6, 6.07) is 4.57. The van der Waals surface area contributed by atoms with Gasteiger partial charge < -0.3 is 19.6 Å². The summed E-state index contributed by atoms with van der Waals surface area (Å²) in [5.41, 5.74) is 2.74. The van der Waals surface area contributed by atoms with E-state index in [1.807, 2.05) is 52.0 Å². The van der Waals surface area contributed by atoms with Crippen LogP contribution in [-0.2, 0) is 19.1 Å². The van der Waals surface area contributed by atoms with Gasteiger partial charge in [0, 0.05) is 22.3 Å². The second kappa shape index (κ2) is 13.0. The molecule has 4 rings (SSSR count). The summed E-state index contributed by atoms with van der Waals surface area (Å²) in [5, 5.41) is 10.3. The highest BCUT2D eigenvalue weighted by Crippen LogP contribution is 2.68. The molecule has 7 atom stereocenters. The molecule has 1 aromatic rings. The molecule has 1 aromatic carbocycles. The van der Waals surface area contributed by atoms with Crippen molar-refractivity contribution >= 4 is 51.2 Å². The van der Waals surface area contributed by atoms with E-state index in [0.717, 1.165) is 36.1 Å². The minimum absolute atomic E-state index is 0.0506. The Hall–Kier alpha value is -2.10. The number of hydrogen-bond acceptors (Lipinski definition) is 6. The number of esters is 1. The average molecular weight is 648 g/mol. The molecule has 3 fully saturated rings. The van der Waals surface area contributed by atoms with Crippen molar-refractivity contribution in [3.8, 4) is 0 Å². The van der Waals surface area contributed by atoms with Crippen molar-refractivity contribution in [1.29, 1.82) is 0 Å². The number of allylic oxidation sites excluding steroid dienone is 1. The summed E-state index contributed by atoms with van der Waals surface area (Å²) >= 11 is 5.40. The van der Waals surface area contributed by atoms with Crippen molar-refractivity contribution in [1.82, 2.24) is 4.90 Å². The van der Waals surface area contributed by atoms with Crippen molar-refractivity contribution < 1.29 is 24.2 Å². The Labute approximate surface area is 256 Å². The fourth-order valence-corrected chi connectivity index (χ4v) is 10.4. The number of aliphatic hydroxyl groups excluding tert-OH is 1. The number of thioether (sulfide) groups is 1. The first-order valence-electron chi connectivity index (χ1n) is 14.6. The summed E-state index contributed by atoms with van der Waals surface area (Å²) in [7, 11) is 0. The van der Waals surface area contributed by atoms with E-state index >= 15 is 0 Å². The Morgan fingerprint density at radius 3 is 2.63 bits per heavy atom. The van der Waals surface area contributed by atoms with Crippen molar-refractivity contribution in [3.63, 3.8) is 0 Å². The van der Waals surface area contributed by atoms with Gasteiger partial charge >= 0.3 is 5.97 Å². The number of aryl methyl sites for hydroxylation is 2. The maximum Gasteiger partial charge on any atom is 0.310 e. The highest BCUT2D eigenvalue weighted by molar-refractivity contribution is 9.09. The monoisotopic (exact) mass is 646 g/mol. The van der Waals surface area contributed by atoms with Gasteiger partial charge in [-0.1, -0.05) is 54.1 Å². The number of benzene rings is 1. The standard InChI is InChI=1S/C32H43BrN2O5S/c1-7-9-10-11-15-40-31(39)25-26-29(37)35(24(18-36)19(3)4)28(32(26)17-22(33)27(25)41-32)30(38)34(14-8-2)23-16-20(5)12-13-21(23)6/h7-8,12-13,16,19,22,24-28,36H,1-2,9-11,14-15,17-18H2,3-6H3/t22?,24-,25+,26-,27+,28?,32?/m0/s1. The first-order valence-corrected chi connectivity index (χ1v) is 16.4. The van der Waals surface area contributed by atoms with Crippen LogP contribution in [0.1, 0.15) is 50.7 Å². The number of unbranched alkanes of at least 4 members (excludes halogenated alkanes) is 2. The van der Waals surface area contributed by atoms with Crippen LogP contribution in [0.5, 0.6) is 0 Å². The number of fused-ring (bicyclic) bond motifs is 1. The highest BCUT2D eigenvalue weighted by atomic mass is 79.9. The molecule has 3 heterocycles. The van der Waals surface area contributed by atoms with E-state index in [-0.39, 0.29) is 46.9 Å². The van der Waals surface area contributed by atoms with Gasteiger partial charge in [-0.05, 0) is 62.6 Å². The third-order valence-corrected chi connectivity index (χ3v) is 12.0. The SMILES string of the molecule is C=CCCCCOC(=O)[C@H]1[C@@H]2SC3(CC2Br)C(C(=O)N(CC=C)c2cc(C)ccc2C)N([C@@H](CO)C(C)C)C(=O)[C@H]13. The Morgan fingerprint density at radius 2 is 2.00 bits per heavy atom. The zero-order valence-electron chi connectivity index (χ0n) is 24.6. The van der Waals surface area contributed by atoms with Crippen LogP contribution in [0, 0.1) is 31.6 Å². The van der Waals surface area contributed by atoms with Gasteiger partial charge in [-0.25, -0.2) is 0 Å². The highest BCUT2D eigenvalue weighted by Gasteiger charge is 2.76. The number of rotatable bonds is 13. The van der Waals surface area contributed by atoms with E-state index in [0.29, 0.717) is 13.0 Å². The lowest BCUT2D eigenvalue weighted by molar-refractivity contribution is -0.154. The number of carbonyl (C=O) groups excluding carboxylic acids is 3. The summed E-state index contributed by atoms with van der Waals surface area (Å²) in [4.78, 5) is 46.1. The van der Waals surface area contributed by atoms with Crippen LogP contribution < -0.4 is 4.90 Å². The third-order valence-electron chi connectivity index (χ3n) is 8.83. The molecular formula is C32H43BrN2O5S. The average Bonchev–Trinajstić information content (AvgIpc) is 3.52. The molecule has 7 nitrogen and oxygen atoms in total. The fourth-order valence-electron chi connectivity index (χ4n) is 6.85. The van der Waals surface area contributed by atoms with Gasteiger partial charge in [-0.15, -0.1) is 24.9 Å².